The van der Waals surface area contributed by atoms with Crippen molar-refractivity contribution < 1.29 is 24.2 Å². The zero-order chi connectivity index (χ0) is 22.8. The van der Waals surface area contributed by atoms with Gasteiger partial charge in [0.25, 0.3) is 5.56 Å². The van der Waals surface area contributed by atoms with E-state index in [1.165, 1.54) is 6.33 Å². The molecule has 0 radical (unpaired) electrons. The van der Waals surface area contributed by atoms with Crippen LogP contribution in [0, 0.1) is 0 Å². The van der Waals surface area contributed by atoms with Crippen molar-refractivity contribution in [2.24, 2.45) is 0 Å². The summed E-state index contributed by atoms with van der Waals surface area (Å²) in [6, 6.07) is 0. The predicted octanol–water partition coefficient (Wildman–Crippen LogP) is 3.33. The molecule has 3 heterocycles. The van der Waals surface area contributed by atoms with Crippen LogP contribution in [0.3, 0.4) is 0 Å². The number of carboxylic acid groups (broad SMARTS) is 1. The molecule has 0 aromatic carbocycles. The molecule has 1 aliphatic rings. The summed E-state index contributed by atoms with van der Waals surface area (Å²) in [6.07, 6.45) is 12.5. The molecule has 0 bridgehead atoms. The number of unbranched alkanes of at least 4 members (excludes halogenated alkanes) is 7. The fourth-order valence-corrected chi connectivity index (χ4v) is 3.95. The number of rotatable bonds is 14. The number of nitrogens with zero attached hydrogens (tertiary/aromatic N) is 3. The number of ether oxygens (including phenoxy) is 2. The van der Waals surface area contributed by atoms with Gasteiger partial charge in [0.2, 0.25) is 0 Å². The average molecular weight is 449 g/mol. The lowest BCUT2D eigenvalue weighted by Gasteiger charge is -2.15. The van der Waals surface area contributed by atoms with Crippen molar-refractivity contribution in [3.63, 3.8) is 0 Å². The molecule has 10 heteroatoms. The van der Waals surface area contributed by atoms with E-state index in [-0.39, 0.29) is 42.4 Å². The number of aromatic nitrogens is 4. The maximum Gasteiger partial charge on any atom is 0.305 e. The number of aromatic amines is 1. The molecule has 2 aromatic heterocycles. The summed E-state index contributed by atoms with van der Waals surface area (Å²) >= 11 is 0. The highest BCUT2D eigenvalue weighted by Gasteiger charge is 2.29. The maximum absolute atomic E-state index is 12.0. The van der Waals surface area contributed by atoms with E-state index in [4.69, 9.17) is 14.6 Å². The molecular weight excluding hydrogens is 416 g/mol. The van der Waals surface area contributed by atoms with E-state index >= 15 is 0 Å². The molecule has 176 valence electrons. The molecule has 1 aliphatic heterocycles. The molecular formula is C22H32N4O6. The van der Waals surface area contributed by atoms with Crippen LogP contribution in [0.25, 0.3) is 11.2 Å². The van der Waals surface area contributed by atoms with Crippen LogP contribution < -0.4 is 5.56 Å². The van der Waals surface area contributed by atoms with Gasteiger partial charge in [-0.1, -0.05) is 38.5 Å². The van der Waals surface area contributed by atoms with Crippen LogP contribution in [-0.4, -0.2) is 49.3 Å². The first-order valence-electron chi connectivity index (χ1n) is 11.5. The van der Waals surface area contributed by atoms with E-state index in [1.807, 2.05) is 0 Å². The Balaban J connectivity index is 1.24. The fourth-order valence-electron chi connectivity index (χ4n) is 3.95. The van der Waals surface area contributed by atoms with E-state index in [1.54, 1.807) is 10.9 Å². The highest BCUT2D eigenvalue weighted by molar-refractivity contribution is 5.69. The zero-order valence-corrected chi connectivity index (χ0v) is 18.3. The predicted molar refractivity (Wildman–Crippen MR) is 116 cm³/mol. The second-order valence-corrected chi connectivity index (χ2v) is 8.25. The normalized spacial score (nSPS) is 18.2. The van der Waals surface area contributed by atoms with E-state index in [9.17, 15) is 14.4 Å². The Hall–Kier alpha value is -2.75. The lowest BCUT2D eigenvalue weighted by molar-refractivity contribution is -0.148. The highest BCUT2D eigenvalue weighted by Crippen LogP contribution is 2.30. The summed E-state index contributed by atoms with van der Waals surface area (Å²) in [5.74, 6) is -0.926. The molecule has 1 saturated heterocycles. The van der Waals surface area contributed by atoms with Crippen molar-refractivity contribution in [3.8, 4) is 0 Å². The first-order valence-corrected chi connectivity index (χ1v) is 11.5. The molecule has 3 rings (SSSR count). The average Bonchev–Trinajstić information content (AvgIpc) is 3.41. The van der Waals surface area contributed by atoms with Crippen LogP contribution in [0.15, 0.2) is 17.4 Å². The van der Waals surface area contributed by atoms with Gasteiger partial charge in [-0.15, -0.1) is 0 Å². The Bertz CT molecular complexity index is 940. The number of aliphatic carboxylic acids is 1. The van der Waals surface area contributed by atoms with Gasteiger partial charge in [-0.05, 0) is 25.7 Å². The van der Waals surface area contributed by atoms with Gasteiger partial charge in [-0.2, -0.15) is 0 Å². The number of hydrogen-bond acceptors (Lipinski definition) is 7. The van der Waals surface area contributed by atoms with E-state index < -0.39 is 5.97 Å². The summed E-state index contributed by atoms with van der Waals surface area (Å²) in [7, 11) is 0. The van der Waals surface area contributed by atoms with Crippen molar-refractivity contribution in [3.05, 3.63) is 23.0 Å². The minimum absolute atomic E-state index is 0.176. The van der Waals surface area contributed by atoms with E-state index in [0.717, 1.165) is 64.2 Å². The second kappa shape index (κ2) is 12.3. The van der Waals surface area contributed by atoms with Crippen LogP contribution in [-0.2, 0) is 19.1 Å². The van der Waals surface area contributed by atoms with Crippen LogP contribution >= 0.6 is 0 Å². The van der Waals surface area contributed by atoms with Crippen molar-refractivity contribution in [1.82, 2.24) is 19.5 Å². The largest absolute Gasteiger partial charge is 0.481 e. The summed E-state index contributed by atoms with van der Waals surface area (Å²) in [6.45, 7) is 0.228. The molecule has 1 fully saturated rings. The fraction of sp³-hybridized carbons (Fsp3) is 0.682. The standard InChI is InChI=1S/C22H32N4O6/c27-18(28)9-7-5-3-1-2-4-6-8-10-19(29)31-13-16-11-12-17(32-16)26-15-25-20-21(26)23-14-24-22(20)30/h14-17H,1-13H2,(H,27,28)(H,23,24,30)/t16-,17+/m1/s1. The summed E-state index contributed by atoms with van der Waals surface area (Å²) in [5, 5.41) is 8.59. The molecule has 0 amide bonds. The maximum atomic E-state index is 12.0. The first-order chi connectivity index (χ1) is 15.5. The third-order valence-electron chi connectivity index (χ3n) is 5.71. The lowest BCUT2D eigenvalue weighted by Crippen LogP contribution is -2.19. The number of carboxylic acids is 1. The number of H-pyrrole nitrogens is 1. The number of fused-ring (bicyclic) bond motifs is 1. The van der Waals surface area contributed by atoms with E-state index in [2.05, 4.69) is 15.0 Å². The Morgan fingerprint density at radius 3 is 2.47 bits per heavy atom. The van der Waals surface area contributed by atoms with Gasteiger partial charge in [-0.25, -0.2) is 9.97 Å². The summed E-state index contributed by atoms with van der Waals surface area (Å²) in [5.41, 5.74) is 0.480. The molecule has 0 aliphatic carbocycles. The Labute approximate surface area is 186 Å². The van der Waals surface area contributed by atoms with Crippen LogP contribution in [0.5, 0.6) is 0 Å². The number of carbonyl (C=O) groups excluding carboxylic acids is 1. The number of nitrogens with one attached hydrogen (secondary N) is 1. The van der Waals surface area contributed by atoms with Crippen molar-refractivity contribution in [2.75, 3.05) is 6.61 Å². The number of imidazole rings is 1. The van der Waals surface area contributed by atoms with Gasteiger partial charge >= 0.3 is 11.9 Å². The smallest absolute Gasteiger partial charge is 0.305 e. The van der Waals surface area contributed by atoms with Gasteiger partial charge in [0.05, 0.1) is 18.8 Å². The van der Waals surface area contributed by atoms with Crippen LogP contribution in [0.1, 0.15) is 83.3 Å². The topological polar surface area (TPSA) is 136 Å². The monoisotopic (exact) mass is 448 g/mol. The molecule has 10 nitrogen and oxygen atoms in total. The quantitative estimate of drug-likeness (QED) is 0.332. The zero-order valence-electron chi connectivity index (χ0n) is 18.3. The Morgan fingerprint density at radius 2 is 1.75 bits per heavy atom. The van der Waals surface area contributed by atoms with Crippen molar-refractivity contribution >= 4 is 23.1 Å². The highest BCUT2D eigenvalue weighted by atomic mass is 16.6. The van der Waals surface area contributed by atoms with Gasteiger partial charge in [0.1, 0.15) is 12.8 Å². The minimum Gasteiger partial charge on any atom is -0.481 e. The molecule has 2 aromatic rings. The molecule has 0 spiro atoms. The molecule has 32 heavy (non-hydrogen) atoms. The SMILES string of the molecule is O=C(O)CCCCCCCCCCC(=O)OC[C@H]1CC[C@@H](n2cnc3c(=O)[nH]cnc32)O1. The number of carbonyl (C=O) groups is 2. The summed E-state index contributed by atoms with van der Waals surface area (Å²) < 4.78 is 13.1. The molecule has 0 unspecified atom stereocenters. The summed E-state index contributed by atoms with van der Waals surface area (Å²) in [4.78, 5) is 45.0. The molecule has 2 atom stereocenters. The van der Waals surface area contributed by atoms with Gasteiger partial charge in [0.15, 0.2) is 11.2 Å². The van der Waals surface area contributed by atoms with Gasteiger partial charge in [-0.3, -0.25) is 19.0 Å². The van der Waals surface area contributed by atoms with Gasteiger partial charge < -0.3 is 19.6 Å². The first kappa shape index (κ1) is 23.9. The number of hydrogen-bond donors (Lipinski definition) is 2. The minimum atomic E-state index is -0.724. The third kappa shape index (κ3) is 7.15. The Morgan fingerprint density at radius 1 is 1.06 bits per heavy atom. The Kier molecular flexibility index (Phi) is 9.21. The van der Waals surface area contributed by atoms with Crippen LogP contribution in [0.4, 0.5) is 0 Å². The van der Waals surface area contributed by atoms with E-state index in [0.29, 0.717) is 12.1 Å². The lowest BCUT2D eigenvalue weighted by atomic mass is 10.1. The third-order valence-corrected chi connectivity index (χ3v) is 5.71. The van der Waals surface area contributed by atoms with Gasteiger partial charge in [0, 0.05) is 12.8 Å². The van der Waals surface area contributed by atoms with Crippen molar-refractivity contribution in [1.29, 1.82) is 0 Å². The number of esters is 1. The molecule has 2 N–H and O–H groups in total. The van der Waals surface area contributed by atoms with Crippen molar-refractivity contribution in [2.45, 2.75) is 89.4 Å². The van der Waals surface area contributed by atoms with Crippen LogP contribution in [0.2, 0.25) is 0 Å². The second-order valence-electron chi connectivity index (χ2n) is 8.25. The molecule has 0 saturated carbocycles.